The fourth-order valence-corrected chi connectivity index (χ4v) is 0.917. The van der Waals surface area contributed by atoms with Crippen LogP contribution in [0, 0.1) is 11.6 Å². The molecule has 1 rings (SSSR count). The molecule has 0 atom stereocenters. The fourth-order valence-electron chi connectivity index (χ4n) is 0.917. The molecule has 0 aromatic heterocycles. The van der Waals surface area contributed by atoms with Crippen molar-refractivity contribution in [3.05, 3.63) is 41.5 Å². The zero-order valence-corrected chi connectivity index (χ0v) is 8.54. The predicted molar refractivity (Wildman–Crippen MR) is 53.2 cm³/mol. The van der Waals surface area contributed by atoms with E-state index in [4.69, 9.17) is 9.84 Å². The molecule has 0 unspecified atom stereocenters. The molecule has 0 amide bonds. The van der Waals surface area contributed by atoms with Crippen molar-refractivity contribution in [3.63, 3.8) is 0 Å². The van der Waals surface area contributed by atoms with E-state index in [1.165, 1.54) is 19.1 Å². The smallest absolute Gasteiger partial charge is 0.331 e. The lowest BCUT2D eigenvalue weighted by molar-refractivity contribution is -0.132. The quantitative estimate of drug-likeness (QED) is 0.805. The lowest BCUT2D eigenvalue weighted by atomic mass is 10.3. The number of carbonyl (C=O) groups is 1. The third kappa shape index (κ3) is 3.34. The van der Waals surface area contributed by atoms with Gasteiger partial charge >= 0.3 is 5.97 Å². The van der Waals surface area contributed by atoms with Crippen LogP contribution < -0.4 is 4.74 Å². The molecule has 0 radical (unpaired) electrons. The SMILES string of the molecule is CC(=CCOc1ccc(F)c(F)c1)C(=O)O. The van der Waals surface area contributed by atoms with E-state index in [0.29, 0.717) is 0 Å². The highest BCUT2D eigenvalue weighted by molar-refractivity contribution is 5.85. The number of carboxylic acid groups (broad SMARTS) is 1. The Morgan fingerprint density at radius 1 is 1.44 bits per heavy atom. The molecule has 86 valence electrons. The van der Waals surface area contributed by atoms with E-state index in [1.807, 2.05) is 0 Å². The maximum atomic E-state index is 12.7. The van der Waals surface area contributed by atoms with E-state index in [2.05, 4.69) is 0 Å². The Morgan fingerprint density at radius 2 is 2.12 bits per heavy atom. The lowest BCUT2D eigenvalue weighted by Gasteiger charge is -2.03. The van der Waals surface area contributed by atoms with E-state index in [9.17, 15) is 13.6 Å². The van der Waals surface area contributed by atoms with E-state index >= 15 is 0 Å². The van der Waals surface area contributed by atoms with Crippen LogP contribution in [0.3, 0.4) is 0 Å². The summed E-state index contributed by atoms with van der Waals surface area (Å²) in [6.07, 6.45) is 1.34. The van der Waals surface area contributed by atoms with Crippen molar-refractivity contribution in [2.24, 2.45) is 0 Å². The minimum Gasteiger partial charge on any atom is -0.489 e. The normalized spacial score (nSPS) is 11.3. The molecule has 1 N–H and O–H groups in total. The van der Waals surface area contributed by atoms with Gasteiger partial charge in [-0.25, -0.2) is 13.6 Å². The van der Waals surface area contributed by atoms with Crippen molar-refractivity contribution in [2.45, 2.75) is 6.92 Å². The monoisotopic (exact) mass is 228 g/mol. The van der Waals surface area contributed by atoms with Gasteiger partial charge in [-0.05, 0) is 25.1 Å². The first-order valence-corrected chi connectivity index (χ1v) is 4.48. The average molecular weight is 228 g/mol. The van der Waals surface area contributed by atoms with Gasteiger partial charge in [0.05, 0.1) is 0 Å². The molecule has 0 aliphatic carbocycles. The third-order valence-electron chi connectivity index (χ3n) is 1.87. The second kappa shape index (κ2) is 5.25. The number of rotatable bonds is 4. The zero-order chi connectivity index (χ0) is 12.1. The predicted octanol–water partition coefficient (Wildman–Crippen LogP) is 2.37. The van der Waals surface area contributed by atoms with Gasteiger partial charge < -0.3 is 9.84 Å². The number of hydrogen-bond donors (Lipinski definition) is 1. The van der Waals surface area contributed by atoms with Crippen LogP contribution in [-0.4, -0.2) is 17.7 Å². The highest BCUT2D eigenvalue weighted by atomic mass is 19.2. The first-order chi connectivity index (χ1) is 7.50. The Balaban J connectivity index is 2.59. The Morgan fingerprint density at radius 3 is 2.69 bits per heavy atom. The summed E-state index contributed by atoms with van der Waals surface area (Å²) in [6, 6.07) is 3.11. The average Bonchev–Trinajstić information content (AvgIpc) is 2.23. The molecule has 0 aliphatic rings. The summed E-state index contributed by atoms with van der Waals surface area (Å²) in [5.74, 6) is -2.86. The summed E-state index contributed by atoms with van der Waals surface area (Å²) in [7, 11) is 0. The summed E-state index contributed by atoms with van der Waals surface area (Å²) >= 11 is 0. The third-order valence-corrected chi connectivity index (χ3v) is 1.87. The highest BCUT2D eigenvalue weighted by Crippen LogP contribution is 2.15. The zero-order valence-electron chi connectivity index (χ0n) is 8.54. The van der Waals surface area contributed by atoms with E-state index in [0.717, 1.165) is 12.1 Å². The van der Waals surface area contributed by atoms with Gasteiger partial charge in [0, 0.05) is 11.6 Å². The first kappa shape index (κ1) is 12.2. The number of halogens is 2. The maximum absolute atomic E-state index is 12.7. The van der Waals surface area contributed by atoms with Crippen LogP contribution in [0.25, 0.3) is 0 Å². The molecular weight excluding hydrogens is 218 g/mol. The molecule has 0 saturated heterocycles. The van der Waals surface area contributed by atoms with Crippen molar-refractivity contribution in [1.29, 1.82) is 0 Å². The molecule has 0 fully saturated rings. The summed E-state index contributed by atoms with van der Waals surface area (Å²) < 4.78 is 30.3. The van der Waals surface area contributed by atoms with Crippen molar-refractivity contribution in [1.82, 2.24) is 0 Å². The Hall–Kier alpha value is -1.91. The van der Waals surface area contributed by atoms with Gasteiger partial charge in [-0.1, -0.05) is 0 Å². The number of carboxylic acids is 1. The van der Waals surface area contributed by atoms with Crippen LogP contribution in [0.5, 0.6) is 5.75 Å². The molecule has 1 aromatic carbocycles. The largest absolute Gasteiger partial charge is 0.489 e. The van der Waals surface area contributed by atoms with Crippen molar-refractivity contribution in [2.75, 3.05) is 6.61 Å². The van der Waals surface area contributed by atoms with E-state index in [-0.39, 0.29) is 17.9 Å². The van der Waals surface area contributed by atoms with Crippen LogP contribution in [0.4, 0.5) is 8.78 Å². The van der Waals surface area contributed by atoms with Gasteiger partial charge in [0.2, 0.25) is 0 Å². The molecule has 0 spiro atoms. The summed E-state index contributed by atoms with van der Waals surface area (Å²) in [5.41, 5.74) is 0.127. The van der Waals surface area contributed by atoms with Crippen LogP contribution in [0.15, 0.2) is 29.8 Å². The van der Waals surface area contributed by atoms with Crippen molar-refractivity contribution < 1.29 is 23.4 Å². The molecular formula is C11H10F2O3. The number of ether oxygens (including phenoxy) is 1. The Kier molecular flexibility index (Phi) is 3.99. The van der Waals surface area contributed by atoms with Gasteiger partial charge in [-0.3, -0.25) is 0 Å². The van der Waals surface area contributed by atoms with Gasteiger partial charge in [-0.15, -0.1) is 0 Å². The standard InChI is InChI=1S/C11H10F2O3/c1-7(11(14)15)4-5-16-8-2-3-9(12)10(13)6-8/h2-4,6H,5H2,1H3,(H,14,15). The van der Waals surface area contributed by atoms with Crippen LogP contribution in [-0.2, 0) is 4.79 Å². The Labute approximate surface area is 91.0 Å². The van der Waals surface area contributed by atoms with Gasteiger partial charge in [-0.2, -0.15) is 0 Å². The maximum Gasteiger partial charge on any atom is 0.331 e. The summed E-state index contributed by atoms with van der Waals surface area (Å²) in [5, 5.41) is 8.53. The second-order valence-corrected chi connectivity index (χ2v) is 3.08. The second-order valence-electron chi connectivity index (χ2n) is 3.08. The molecule has 3 nitrogen and oxygen atoms in total. The number of aliphatic carboxylic acids is 1. The first-order valence-electron chi connectivity index (χ1n) is 4.48. The van der Waals surface area contributed by atoms with Crippen molar-refractivity contribution >= 4 is 5.97 Å². The van der Waals surface area contributed by atoms with E-state index < -0.39 is 17.6 Å². The van der Waals surface area contributed by atoms with Crippen LogP contribution in [0.1, 0.15) is 6.92 Å². The van der Waals surface area contributed by atoms with Crippen molar-refractivity contribution in [3.8, 4) is 5.75 Å². The Bertz CT molecular complexity index is 427. The van der Waals surface area contributed by atoms with E-state index in [1.54, 1.807) is 0 Å². The van der Waals surface area contributed by atoms with Gasteiger partial charge in [0.25, 0.3) is 0 Å². The molecule has 0 bridgehead atoms. The summed E-state index contributed by atoms with van der Waals surface area (Å²) in [4.78, 5) is 10.4. The molecule has 16 heavy (non-hydrogen) atoms. The topological polar surface area (TPSA) is 46.5 Å². The minimum absolute atomic E-state index is 0.0107. The molecule has 0 heterocycles. The van der Waals surface area contributed by atoms with Gasteiger partial charge in [0.15, 0.2) is 11.6 Å². The highest BCUT2D eigenvalue weighted by Gasteiger charge is 2.03. The molecule has 1 aromatic rings. The van der Waals surface area contributed by atoms with Crippen LogP contribution >= 0.6 is 0 Å². The van der Waals surface area contributed by atoms with Gasteiger partial charge in [0.1, 0.15) is 12.4 Å². The lowest BCUT2D eigenvalue weighted by Crippen LogP contribution is -2.01. The fraction of sp³-hybridized carbons (Fsp3) is 0.182. The molecule has 0 aliphatic heterocycles. The summed E-state index contributed by atoms with van der Waals surface area (Å²) in [6.45, 7) is 1.40. The number of hydrogen-bond acceptors (Lipinski definition) is 2. The van der Waals surface area contributed by atoms with Crippen LogP contribution in [0.2, 0.25) is 0 Å². The minimum atomic E-state index is -1.05. The number of benzene rings is 1. The molecule has 5 heteroatoms. The molecule has 0 saturated carbocycles.